The number of rotatable bonds is 1. The first kappa shape index (κ1) is 20.4. The molecular formula is C24H21BrClN3O3. The van der Waals surface area contributed by atoms with E-state index in [-0.39, 0.29) is 23.8 Å². The van der Waals surface area contributed by atoms with Crippen molar-refractivity contribution in [2.45, 2.75) is 38.3 Å². The summed E-state index contributed by atoms with van der Waals surface area (Å²) >= 11 is 9.95. The summed E-state index contributed by atoms with van der Waals surface area (Å²) in [5.74, 6) is -2.12. The average Bonchev–Trinajstić information content (AvgIpc) is 3.42. The van der Waals surface area contributed by atoms with E-state index in [1.807, 2.05) is 32.0 Å². The van der Waals surface area contributed by atoms with E-state index in [9.17, 15) is 14.4 Å². The van der Waals surface area contributed by atoms with Crippen LogP contribution in [-0.2, 0) is 19.9 Å². The maximum atomic E-state index is 14.0. The van der Waals surface area contributed by atoms with E-state index >= 15 is 0 Å². The van der Waals surface area contributed by atoms with Crippen LogP contribution in [0.1, 0.15) is 29.5 Å². The van der Waals surface area contributed by atoms with Crippen molar-refractivity contribution in [3.63, 3.8) is 0 Å². The Balaban J connectivity index is 1.58. The molecule has 1 N–H and O–H groups in total. The molecule has 4 aliphatic rings. The van der Waals surface area contributed by atoms with Crippen LogP contribution in [0.15, 0.2) is 34.8 Å². The third-order valence-corrected chi connectivity index (χ3v) is 8.46. The van der Waals surface area contributed by atoms with Crippen LogP contribution >= 0.6 is 27.5 Å². The molecule has 4 unspecified atom stereocenters. The first-order valence-corrected chi connectivity index (χ1v) is 12.0. The first-order valence-electron chi connectivity index (χ1n) is 10.8. The summed E-state index contributed by atoms with van der Waals surface area (Å²) in [6, 6.07) is 9.02. The molecule has 2 aromatic carbocycles. The normalized spacial score (nSPS) is 30.8. The van der Waals surface area contributed by atoms with Gasteiger partial charge in [0.15, 0.2) is 0 Å². The number of benzene rings is 2. The number of nitrogens with one attached hydrogen (secondary N) is 1. The minimum absolute atomic E-state index is 0.151. The van der Waals surface area contributed by atoms with Crippen molar-refractivity contribution >= 4 is 56.6 Å². The lowest BCUT2D eigenvalue weighted by atomic mass is 9.75. The quantitative estimate of drug-likeness (QED) is 0.581. The Kier molecular flexibility index (Phi) is 4.24. The number of aryl methyl sites for hydroxylation is 2. The third-order valence-electron chi connectivity index (χ3n) is 7.61. The molecule has 0 aliphatic carbocycles. The fourth-order valence-corrected chi connectivity index (χ4v) is 7.41. The molecule has 0 bridgehead atoms. The molecule has 2 aromatic rings. The minimum atomic E-state index is -1.21. The second kappa shape index (κ2) is 6.65. The number of halogens is 2. The van der Waals surface area contributed by atoms with E-state index in [4.69, 9.17) is 11.6 Å². The highest BCUT2D eigenvalue weighted by Crippen LogP contribution is 2.61. The fourth-order valence-electron chi connectivity index (χ4n) is 6.47. The molecule has 3 fully saturated rings. The third kappa shape index (κ3) is 2.31. The van der Waals surface area contributed by atoms with Gasteiger partial charge >= 0.3 is 0 Å². The molecule has 6 nitrogen and oxygen atoms in total. The number of amides is 3. The van der Waals surface area contributed by atoms with Crippen molar-refractivity contribution < 1.29 is 14.4 Å². The van der Waals surface area contributed by atoms with Crippen molar-refractivity contribution in [2.75, 3.05) is 16.8 Å². The highest BCUT2D eigenvalue weighted by atomic mass is 79.9. The monoisotopic (exact) mass is 513 g/mol. The number of anilines is 2. The van der Waals surface area contributed by atoms with Crippen LogP contribution in [0.5, 0.6) is 0 Å². The zero-order valence-electron chi connectivity index (χ0n) is 17.6. The maximum absolute atomic E-state index is 14.0. The molecule has 3 saturated heterocycles. The maximum Gasteiger partial charge on any atom is 0.250 e. The molecule has 0 aromatic heterocycles. The van der Waals surface area contributed by atoms with Crippen LogP contribution in [0, 0.1) is 25.7 Å². The number of fused-ring (bicyclic) bond motifs is 7. The molecule has 8 heteroatoms. The standard InChI is InChI=1S/C24H21BrClN3O3/c1-11-5-6-16(15(25)8-11)29-21(30)18-17-4-3-7-28(17)24(19(18)22(29)31)14-10-13(26)9-12(2)20(14)27-23(24)32/h5-6,8-10,17-19H,3-4,7H2,1-2H3,(H,27,32). The van der Waals surface area contributed by atoms with E-state index in [2.05, 4.69) is 26.1 Å². The Hall–Kier alpha value is -2.22. The molecular weight excluding hydrogens is 494 g/mol. The van der Waals surface area contributed by atoms with Gasteiger partial charge in [-0.1, -0.05) is 17.7 Å². The lowest BCUT2D eigenvalue weighted by Crippen LogP contribution is -2.54. The topological polar surface area (TPSA) is 69.7 Å². The molecule has 164 valence electrons. The van der Waals surface area contributed by atoms with Crippen LogP contribution in [0.2, 0.25) is 5.02 Å². The number of imide groups is 1. The van der Waals surface area contributed by atoms with E-state index in [0.717, 1.165) is 29.5 Å². The summed E-state index contributed by atoms with van der Waals surface area (Å²) < 4.78 is 0.687. The summed E-state index contributed by atoms with van der Waals surface area (Å²) in [6.07, 6.45) is 1.67. The van der Waals surface area contributed by atoms with E-state index in [0.29, 0.717) is 27.4 Å². The molecule has 4 heterocycles. The predicted octanol–water partition coefficient (Wildman–Crippen LogP) is 4.15. The molecule has 4 atom stereocenters. The van der Waals surface area contributed by atoms with Gasteiger partial charge in [0.1, 0.15) is 5.54 Å². The minimum Gasteiger partial charge on any atom is -0.324 e. The highest BCUT2D eigenvalue weighted by Gasteiger charge is 2.74. The molecule has 32 heavy (non-hydrogen) atoms. The van der Waals surface area contributed by atoms with Crippen molar-refractivity contribution in [1.29, 1.82) is 0 Å². The summed E-state index contributed by atoms with van der Waals surface area (Å²) in [5.41, 5.74) is 2.62. The Morgan fingerprint density at radius 1 is 1.12 bits per heavy atom. The molecule has 0 radical (unpaired) electrons. The zero-order valence-corrected chi connectivity index (χ0v) is 20.0. The first-order chi connectivity index (χ1) is 15.3. The number of nitrogens with zero attached hydrogens (tertiary/aromatic N) is 2. The second-order valence-corrected chi connectivity index (χ2v) is 10.5. The van der Waals surface area contributed by atoms with Gasteiger partial charge in [-0.25, -0.2) is 4.90 Å². The lowest BCUT2D eigenvalue weighted by molar-refractivity contribution is -0.135. The van der Waals surface area contributed by atoms with Gasteiger partial charge in [0, 0.05) is 26.8 Å². The summed E-state index contributed by atoms with van der Waals surface area (Å²) in [5, 5.41) is 3.55. The van der Waals surface area contributed by atoms with Crippen LogP contribution in [0.25, 0.3) is 0 Å². The smallest absolute Gasteiger partial charge is 0.250 e. The van der Waals surface area contributed by atoms with E-state index in [1.165, 1.54) is 4.90 Å². The van der Waals surface area contributed by atoms with Crippen molar-refractivity contribution in [1.82, 2.24) is 4.90 Å². The van der Waals surface area contributed by atoms with Gasteiger partial charge in [-0.05, 0) is 84.6 Å². The number of carbonyl (C=O) groups is 3. The zero-order chi connectivity index (χ0) is 22.5. The summed E-state index contributed by atoms with van der Waals surface area (Å²) in [4.78, 5) is 44.9. The van der Waals surface area contributed by atoms with Gasteiger partial charge in [0.25, 0.3) is 0 Å². The van der Waals surface area contributed by atoms with Crippen LogP contribution in [0.4, 0.5) is 11.4 Å². The van der Waals surface area contributed by atoms with Gasteiger partial charge in [0.2, 0.25) is 17.7 Å². The number of carbonyl (C=O) groups excluding carboxylic acids is 3. The Bertz CT molecular complexity index is 1250. The van der Waals surface area contributed by atoms with Crippen LogP contribution in [0.3, 0.4) is 0 Å². The van der Waals surface area contributed by atoms with Gasteiger partial charge in [0.05, 0.1) is 17.5 Å². The van der Waals surface area contributed by atoms with E-state index < -0.39 is 17.4 Å². The Morgan fingerprint density at radius 2 is 1.91 bits per heavy atom. The van der Waals surface area contributed by atoms with Gasteiger partial charge in [-0.3, -0.25) is 19.3 Å². The molecule has 0 saturated carbocycles. The fraction of sp³-hybridized carbons (Fsp3) is 0.375. The highest BCUT2D eigenvalue weighted by molar-refractivity contribution is 9.10. The van der Waals surface area contributed by atoms with Gasteiger partial charge in [-0.2, -0.15) is 0 Å². The van der Waals surface area contributed by atoms with Crippen molar-refractivity contribution in [2.24, 2.45) is 11.8 Å². The number of hydrogen-bond acceptors (Lipinski definition) is 4. The predicted molar refractivity (Wildman–Crippen MR) is 125 cm³/mol. The van der Waals surface area contributed by atoms with Crippen molar-refractivity contribution in [3.8, 4) is 0 Å². The average molecular weight is 515 g/mol. The van der Waals surface area contributed by atoms with Gasteiger partial charge < -0.3 is 5.32 Å². The SMILES string of the molecule is Cc1ccc(N2C(=O)C3C4CCCN4C4(C(=O)Nc5c(C)cc(Cl)cc54)C3C2=O)c(Br)c1. The largest absolute Gasteiger partial charge is 0.324 e. The molecule has 3 amide bonds. The molecule has 4 aliphatic heterocycles. The lowest BCUT2D eigenvalue weighted by Gasteiger charge is -2.36. The molecule has 1 spiro atoms. The van der Waals surface area contributed by atoms with Crippen molar-refractivity contribution in [3.05, 3.63) is 56.5 Å². The second-order valence-electron chi connectivity index (χ2n) is 9.24. The van der Waals surface area contributed by atoms with Crippen LogP contribution in [-0.4, -0.2) is 35.2 Å². The summed E-state index contributed by atoms with van der Waals surface area (Å²) in [6.45, 7) is 4.52. The van der Waals surface area contributed by atoms with Gasteiger partial charge in [-0.15, -0.1) is 0 Å². The number of hydrogen-bond donors (Lipinski definition) is 1. The van der Waals surface area contributed by atoms with E-state index in [1.54, 1.807) is 12.1 Å². The Labute approximate surface area is 199 Å². The van der Waals surface area contributed by atoms with Crippen LogP contribution < -0.4 is 10.2 Å². The Morgan fingerprint density at radius 3 is 2.66 bits per heavy atom. The molecule has 6 rings (SSSR count). The summed E-state index contributed by atoms with van der Waals surface area (Å²) in [7, 11) is 0.